The van der Waals surface area contributed by atoms with E-state index in [1.54, 1.807) is 11.7 Å². The number of nitrogens with two attached hydrogens (primary N) is 1. The summed E-state index contributed by atoms with van der Waals surface area (Å²) < 4.78 is 1.59. The van der Waals surface area contributed by atoms with Crippen molar-refractivity contribution in [3.8, 4) is 0 Å². The summed E-state index contributed by atoms with van der Waals surface area (Å²) in [5, 5.41) is 14.8. The highest BCUT2D eigenvalue weighted by molar-refractivity contribution is 5.41. The van der Waals surface area contributed by atoms with Crippen LogP contribution in [0.1, 0.15) is 25.0 Å². The average Bonchev–Trinajstić information content (AvgIpc) is 2.48. The first-order valence-electron chi connectivity index (χ1n) is 4.98. The van der Waals surface area contributed by atoms with Crippen molar-refractivity contribution in [3.63, 3.8) is 0 Å². The quantitative estimate of drug-likeness (QED) is 0.588. The van der Waals surface area contributed by atoms with E-state index in [1.807, 2.05) is 0 Å². The van der Waals surface area contributed by atoms with Gasteiger partial charge in [-0.3, -0.25) is 14.8 Å². The molecule has 2 rings (SSSR count). The van der Waals surface area contributed by atoms with Gasteiger partial charge in [0.2, 0.25) is 0 Å². The SMILES string of the molecule is Cn1ncc([N+](=O)[O-])c1C1(CN)CCC1. The summed E-state index contributed by atoms with van der Waals surface area (Å²) in [6, 6.07) is 0. The average molecular weight is 210 g/mol. The van der Waals surface area contributed by atoms with E-state index in [0.717, 1.165) is 19.3 Å². The van der Waals surface area contributed by atoms with Crippen LogP contribution in [0.3, 0.4) is 0 Å². The molecule has 0 aliphatic heterocycles. The first-order chi connectivity index (χ1) is 7.10. The molecule has 0 aromatic carbocycles. The molecule has 1 aromatic rings. The molecule has 15 heavy (non-hydrogen) atoms. The van der Waals surface area contributed by atoms with Gasteiger partial charge in [-0.15, -0.1) is 0 Å². The third-order valence-electron chi connectivity index (χ3n) is 3.32. The van der Waals surface area contributed by atoms with E-state index in [4.69, 9.17) is 5.73 Å². The van der Waals surface area contributed by atoms with Crippen molar-refractivity contribution in [2.45, 2.75) is 24.7 Å². The topological polar surface area (TPSA) is 87.0 Å². The van der Waals surface area contributed by atoms with E-state index in [-0.39, 0.29) is 16.0 Å². The molecule has 0 amide bonds. The zero-order chi connectivity index (χ0) is 11.1. The lowest BCUT2D eigenvalue weighted by molar-refractivity contribution is -0.386. The molecule has 1 fully saturated rings. The van der Waals surface area contributed by atoms with Crippen molar-refractivity contribution in [1.82, 2.24) is 9.78 Å². The smallest absolute Gasteiger partial charge is 0.310 e. The Balaban J connectivity index is 2.50. The number of nitro groups is 1. The predicted octanol–water partition coefficient (Wildman–Crippen LogP) is 0.709. The number of hydrogen-bond acceptors (Lipinski definition) is 4. The first kappa shape index (κ1) is 10.1. The van der Waals surface area contributed by atoms with E-state index in [1.165, 1.54) is 6.20 Å². The molecule has 0 spiro atoms. The Labute approximate surface area is 87.2 Å². The Morgan fingerprint density at radius 3 is 2.80 bits per heavy atom. The zero-order valence-corrected chi connectivity index (χ0v) is 8.64. The largest absolute Gasteiger partial charge is 0.330 e. The monoisotopic (exact) mass is 210 g/mol. The molecule has 0 atom stereocenters. The number of aromatic nitrogens is 2. The van der Waals surface area contributed by atoms with Crippen LogP contribution in [0.15, 0.2) is 6.20 Å². The highest BCUT2D eigenvalue weighted by Gasteiger charge is 2.44. The summed E-state index contributed by atoms with van der Waals surface area (Å²) in [5.41, 5.74) is 6.30. The summed E-state index contributed by atoms with van der Waals surface area (Å²) in [7, 11) is 1.73. The van der Waals surface area contributed by atoms with Crippen molar-refractivity contribution in [2.75, 3.05) is 6.54 Å². The highest BCUT2D eigenvalue weighted by atomic mass is 16.6. The molecular weight excluding hydrogens is 196 g/mol. The van der Waals surface area contributed by atoms with Crippen LogP contribution >= 0.6 is 0 Å². The summed E-state index contributed by atoms with van der Waals surface area (Å²) in [6.45, 7) is 0.452. The summed E-state index contributed by atoms with van der Waals surface area (Å²) in [6.07, 6.45) is 4.23. The van der Waals surface area contributed by atoms with Crippen molar-refractivity contribution in [3.05, 3.63) is 22.0 Å². The van der Waals surface area contributed by atoms with E-state index in [2.05, 4.69) is 5.10 Å². The van der Waals surface area contributed by atoms with Gasteiger partial charge < -0.3 is 5.73 Å². The van der Waals surface area contributed by atoms with Gasteiger partial charge in [-0.1, -0.05) is 6.42 Å². The van der Waals surface area contributed by atoms with Crippen LogP contribution in [0.25, 0.3) is 0 Å². The Morgan fingerprint density at radius 2 is 2.40 bits per heavy atom. The Bertz CT molecular complexity index is 389. The number of aryl methyl sites for hydroxylation is 1. The minimum Gasteiger partial charge on any atom is -0.330 e. The van der Waals surface area contributed by atoms with Crippen LogP contribution in [0.5, 0.6) is 0 Å². The van der Waals surface area contributed by atoms with Crippen molar-refractivity contribution >= 4 is 5.69 Å². The van der Waals surface area contributed by atoms with Crippen LogP contribution in [-0.2, 0) is 12.5 Å². The van der Waals surface area contributed by atoms with Gasteiger partial charge in [0.15, 0.2) is 0 Å². The van der Waals surface area contributed by atoms with Gasteiger partial charge >= 0.3 is 5.69 Å². The molecule has 1 saturated carbocycles. The normalized spacial score (nSPS) is 18.5. The van der Waals surface area contributed by atoms with Gasteiger partial charge in [-0.25, -0.2) is 0 Å². The molecule has 2 N–H and O–H groups in total. The van der Waals surface area contributed by atoms with Crippen molar-refractivity contribution in [2.24, 2.45) is 12.8 Å². The highest BCUT2D eigenvalue weighted by Crippen LogP contribution is 2.45. The van der Waals surface area contributed by atoms with Crippen LogP contribution < -0.4 is 5.73 Å². The molecule has 0 bridgehead atoms. The lowest BCUT2D eigenvalue weighted by Crippen LogP contribution is -2.43. The second-order valence-corrected chi connectivity index (χ2v) is 4.10. The second kappa shape index (κ2) is 3.30. The van der Waals surface area contributed by atoms with E-state index in [0.29, 0.717) is 12.2 Å². The number of hydrogen-bond donors (Lipinski definition) is 1. The maximum Gasteiger partial charge on any atom is 0.310 e. The van der Waals surface area contributed by atoms with Crippen LogP contribution in [0.2, 0.25) is 0 Å². The van der Waals surface area contributed by atoms with Gasteiger partial charge in [-0.2, -0.15) is 5.10 Å². The molecule has 1 aliphatic carbocycles. The van der Waals surface area contributed by atoms with Gasteiger partial charge in [-0.05, 0) is 12.8 Å². The number of rotatable bonds is 3. The molecule has 82 valence electrons. The third kappa shape index (κ3) is 1.32. The lowest BCUT2D eigenvalue weighted by atomic mass is 9.66. The Morgan fingerprint density at radius 1 is 1.73 bits per heavy atom. The maximum atomic E-state index is 10.8. The Hall–Kier alpha value is -1.43. The minimum absolute atomic E-state index is 0.0997. The molecule has 1 aromatic heterocycles. The molecule has 0 unspecified atom stereocenters. The molecular formula is C9H14N4O2. The van der Waals surface area contributed by atoms with Crippen LogP contribution in [0.4, 0.5) is 5.69 Å². The van der Waals surface area contributed by atoms with E-state index >= 15 is 0 Å². The first-order valence-corrected chi connectivity index (χ1v) is 4.98. The standard InChI is InChI=1S/C9H14N4O2/c1-12-8(7(5-11-12)13(14)15)9(6-10)3-2-4-9/h5H,2-4,6,10H2,1H3. The molecule has 0 saturated heterocycles. The van der Waals surface area contributed by atoms with Gasteiger partial charge in [0.25, 0.3) is 0 Å². The van der Waals surface area contributed by atoms with Crippen molar-refractivity contribution < 1.29 is 4.92 Å². The van der Waals surface area contributed by atoms with E-state index < -0.39 is 0 Å². The second-order valence-electron chi connectivity index (χ2n) is 4.10. The molecule has 6 heteroatoms. The fourth-order valence-corrected chi connectivity index (χ4v) is 2.32. The van der Waals surface area contributed by atoms with Crippen LogP contribution in [0, 0.1) is 10.1 Å². The number of nitrogens with zero attached hydrogens (tertiary/aromatic N) is 3. The molecule has 0 radical (unpaired) electrons. The third-order valence-corrected chi connectivity index (χ3v) is 3.32. The zero-order valence-electron chi connectivity index (χ0n) is 8.64. The lowest BCUT2D eigenvalue weighted by Gasteiger charge is -2.40. The Kier molecular flexibility index (Phi) is 2.22. The van der Waals surface area contributed by atoms with Gasteiger partial charge in [0.05, 0.1) is 4.92 Å². The minimum atomic E-state index is -0.377. The van der Waals surface area contributed by atoms with Gasteiger partial charge in [0, 0.05) is 19.0 Å². The fraction of sp³-hybridized carbons (Fsp3) is 0.667. The summed E-state index contributed by atoms with van der Waals surface area (Å²) in [4.78, 5) is 10.5. The maximum absolute atomic E-state index is 10.8. The van der Waals surface area contributed by atoms with Crippen LogP contribution in [-0.4, -0.2) is 21.2 Å². The van der Waals surface area contributed by atoms with E-state index in [9.17, 15) is 10.1 Å². The van der Waals surface area contributed by atoms with Gasteiger partial charge in [0.1, 0.15) is 11.9 Å². The van der Waals surface area contributed by atoms with Crippen molar-refractivity contribution in [1.29, 1.82) is 0 Å². The molecule has 6 nitrogen and oxygen atoms in total. The fourth-order valence-electron chi connectivity index (χ4n) is 2.32. The predicted molar refractivity (Wildman–Crippen MR) is 54.4 cm³/mol. The summed E-state index contributed by atoms with van der Waals surface area (Å²) in [5.74, 6) is 0. The molecule has 1 aliphatic rings. The summed E-state index contributed by atoms with van der Waals surface area (Å²) >= 11 is 0. The molecule has 1 heterocycles.